The average Bonchev–Trinajstić information content (AvgIpc) is 3.43. The highest BCUT2D eigenvalue weighted by Gasteiger charge is 2.57. The molecular formula is C28H32FN3O4. The van der Waals surface area contributed by atoms with Crippen LogP contribution in [0.15, 0.2) is 47.3 Å². The van der Waals surface area contributed by atoms with Crippen molar-refractivity contribution in [3.8, 4) is 0 Å². The Kier molecular flexibility index (Phi) is 6.79. The fraction of sp³-hybridized carbons (Fsp3) is 0.464. The molecule has 190 valence electrons. The van der Waals surface area contributed by atoms with E-state index in [4.69, 9.17) is 0 Å². The third-order valence-electron chi connectivity index (χ3n) is 7.95. The van der Waals surface area contributed by atoms with Crippen molar-refractivity contribution in [2.24, 2.45) is 11.8 Å². The van der Waals surface area contributed by atoms with E-state index in [0.29, 0.717) is 12.1 Å². The summed E-state index contributed by atoms with van der Waals surface area (Å²) < 4.78 is 15.0. The Labute approximate surface area is 209 Å². The molecule has 5 rings (SSSR count). The van der Waals surface area contributed by atoms with Gasteiger partial charge in [0.05, 0.1) is 6.04 Å². The number of halogens is 1. The molecule has 1 fully saturated rings. The topological polar surface area (TPSA) is 91.6 Å². The lowest BCUT2D eigenvalue weighted by Crippen LogP contribution is -2.50. The van der Waals surface area contributed by atoms with Crippen LogP contribution in [0.3, 0.4) is 0 Å². The SMILES string of the molecule is CCC(=O)N1[C@@H]2c3ccc(C4=CCCCC4)c(=O)n3C[C@@H]2[C@@H](CO)[C@@H]1C(=O)NCc1ccc(F)cc1. The fourth-order valence-corrected chi connectivity index (χ4v) is 6.17. The summed E-state index contributed by atoms with van der Waals surface area (Å²) in [5.41, 5.74) is 3.18. The van der Waals surface area contributed by atoms with Gasteiger partial charge in [-0.05, 0) is 61.1 Å². The Balaban J connectivity index is 1.46. The Morgan fingerprint density at radius 3 is 2.58 bits per heavy atom. The van der Waals surface area contributed by atoms with Crippen molar-refractivity contribution >= 4 is 17.4 Å². The van der Waals surface area contributed by atoms with Crippen LogP contribution >= 0.6 is 0 Å². The van der Waals surface area contributed by atoms with Gasteiger partial charge in [-0.3, -0.25) is 14.4 Å². The minimum absolute atomic E-state index is 0.0621. The standard InChI is InChI=1S/C28H32FN3O4/c1-2-24(34)32-25-21(15-31-23(25)13-12-20(28(31)36)18-6-4-3-5-7-18)22(16-33)26(32)27(35)30-14-17-8-10-19(29)11-9-17/h6,8-13,21-22,25-26,33H,2-5,7,14-16H2,1H3,(H,30,35)/t21-,22-,25+,26-/m1/s1. The second-order valence-electron chi connectivity index (χ2n) is 9.96. The summed E-state index contributed by atoms with van der Waals surface area (Å²) in [4.78, 5) is 41.6. The number of benzene rings is 1. The molecule has 0 radical (unpaired) electrons. The van der Waals surface area contributed by atoms with E-state index in [-0.39, 0.29) is 48.7 Å². The molecule has 2 amide bonds. The number of aromatic nitrogens is 1. The first kappa shape index (κ1) is 24.4. The summed E-state index contributed by atoms with van der Waals surface area (Å²) >= 11 is 0. The molecule has 2 N–H and O–H groups in total. The maximum atomic E-state index is 13.5. The fourth-order valence-electron chi connectivity index (χ4n) is 6.17. The molecule has 2 aliphatic heterocycles. The molecule has 0 bridgehead atoms. The molecule has 3 heterocycles. The van der Waals surface area contributed by atoms with Crippen LogP contribution in [0.1, 0.15) is 61.9 Å². The summed E-state index contributed by atoms with van der Waals surface area (Å²) in [7, 11) is 0. The Morgan fingerprint density at radius 1 is 1.14 bits per heavy atom. The minimum atomic E-state index is -0.845. The van der Waals surface area contributed by atoms with Crippen molar-refractivity contribution < 1.29 is 19.1 Å². The normalized spacial score (nSPS) is 24.8. The minimum Gasteiger partial charge on any atom is -0.396 e. The van der Waals surface area contributed by atoms with Crippen molar-refractivity contribution in [2.75, 3.05) is 6.61 Å². The van der Waals surface area contributed by atoms with E-state index >= 15 is 0 Å². The highest BCUT2D eigenvalue weighted by atomic mass is 19.1. The summed E-state index contributed by atoms with van der Waals surface area (Å²) in [6.45, 7) is 2.02. The van der Waals surface area contributed by atoms with Gasteiger partial charge in [0, 0.05) is 49.2 Å². The van der Waals surface area contributed by atoms with Gasteiger partial charge in [-0.15, -0.1) is 0 Å². The number of aliphatic hydroxyl groups excluding tert-OH is 1. The van der Waals surface area contributed by atoms with Gasteiger partial charge in [0.1, 0.15) is 11.9 Å². The number of carbonyl (C=O) groups is 2. The van der Waals surface area contributed by atoms with Crippen LogP contribution in [0, 0.1) is 17.7 Å². The van der Waals surface area contributed by atoms with Gasteiger partial charge in [-0.2, -0.15) is 0 Å². The summed E-state index contributed by atoms with van der Waals surface area (Å²) in [6, 6.07) is 8.34. The number of pyridine rings is 1. The highest BCUT2D eigenvalue weighted by Crippen LogP contribution is 2.49. The number of nitrogens with zero attached hydrogens (tertiary/aromatic N) is 2. The van der Waals surface area contributed by atoms with Gasteiger partial charge in [0.2, 0.25) is 11.8 Å². The first-order valence-corrected chi connectivity index (χ1v) is 12.8. The van der Waals surface area contributed by atoms with E-state index < -0.39 is 18.0 Å². The van der Waals surface area contributed by atoms with Crippen molar-refractivity contribution in [1.29, 1.82) is 0 Å². The maximum absolute atomic E-state index is 13.5. The molecule has 1 aromatic carbocycles. The zero-order valence-corrected chi connectivity index (χ0v) is 20.5. The van der Waals surface area contributed by atoms with Crippen LogP contribution in [0.2, 0.25) is 0 Å². The van der Waals surface area contributed by atoms with Crippen LogP contribution < -0.4 is 10.9 Å². The van der Waals surface area contributed by atoms with Gasteiger partial charge in [-0.25, -0.2) is 4.39 Å². The second kappa shape index (κ2) is 10.0. The lowest BCUT2D eigenvalue weighted by atomic mass is 9.88. The molecule has 8 heteroatoms. The lowest BCUT2D eigenvalue weighted by Gasteiger charge is -2.31. The van der Waals surface area contributed by atoms with Crippen LogP contribution in [0.5, 0.6) is 0 Å². The molecule has 4 atom stereocenters. The molecule has 0 saturated carbocycles. The molecule has 7 nitrogen and oxygen atoms in total. The van der Waals surface area contributed by atoms with E-state index in [2.05, 4.69) is 11.4 Å². The lowest BCUT2D eigenvalue weighted by molar-refractivity contribution is -0.141. The van der Waals surface area contributed by atoms with Crippen molar-refractivity contribution in [1.82, 2.24) is 14.8 Å². The number of aliphatic hydroxyl groups is 1. The number of nitrogens with one attached hydrogen (secondary N) is 1. The van der Waals surface area contributed by atoms with Crippen LogP contribution in [0.4, 0.5) is 4.39 Å². The van der Waals surface area contributed by atoms with E-state index in [1.807, 2.05) is 12.1 Å². The number of carbonyl (C=O) groups excluding carboxylic acids is 2. The van der Waals surface area contributed by atoms with Crippen LogP contribution in [0.25, 0.3) is 5.57 Å². The number of fused-ring (bicyclic) bond motifs is 3. The van der Waals surface area contributed by atoms with E-state index in [1.54, 1.807) is 28.5 Å². The molecular weight excluding hydrogens is 461 g/mol. The molecule has 36 heavy (non-hydrogen) atoms. The first-order chi connectivity index (χ1) is 17.4. The number of amides is 2. The molecule has 1 aromatic heterocycles. The maximum Gasteiger partial charge on any atom is 0.258 e. The number of hydrogen-bond donors (Lipinski definition) is 2. The van der Waals surface area contributed by atoms with E-state index in [1.165, 1.54) is 12.1 Å². The van der Waals surface area contributed by atoms with E-state index in [9.17, 15) is 23.9 Å². The molecule has 1 saturated heterocycles. The largest absolute Gasteiger partial charge is 0.396 e. The second-order valence-corrected chi connectivity index (χ2v) is 9.96. The molecule has 1 aliphatic carbocycles. The molecule has 0 spiro atoms. The number of rotatable bonds is 6. The molecule has 2 aromatic rings. The van der Waals surface area contributed by atoms with Crippen molar-refractivity contribution in [2.45, 2.75) is 64.2 Å². The monoisotopic (exact) mass is 493 g/mol. The zero-order valence-electron chi connectivity index (χ0n) is 20.5. The summed E-state index contributed by atoms with van der Waals surface area (Å²) in [5.74, 6) is -1.65. The van der Waals surface area contributed by atoms with E-state index in [0.717, 1.165) is 42.5 Å². The van der Waals surface area contributed by atoms with Gasteiger partial charge >= 0.3 is 0 Å². The predicted molar refractivity (Wildman–Crippen MR) is 133 cm³/mol. The summed E-state index contributed by atoms with van der Waals surface area (Å²) in [5, 5.41) is 13.2. The quantitative estimate of drug-likeness (QED) is 0.647. The molecule has 0 unspecified atom stereocenters. The van der Waals surface area contributed by atoms with Gasteiger partial charge in [0.15, 0.2) is 0 Å². The number of likely N-dealkylation sites (tertiary alicyclic amines) is 1. The highest BCUT2D eigenvalue weighted by molar-refractivity contribution is 5.89. The predicted octanol–water partition coefficient (Wildman–Crippen LogP) is 3.16. The Hall–Kier alpha value is -3.26. The van der Waals surface area contributed by atoms with Gasteiger partial charge in [-0.1, -0.05) is 25.1 Å². The molecule has 3 aliphatic rings. The van der Waals surface area contributed by atoms with Crippen LogP contribution in [-0.2, 0) is 22.7 Å². The first-order valence-electron chi connectivity index (χ1n) is 12.8. The summed E-state index contributed by atoms with van der Waals surface area (Å²) in [6.07, 6.45) is 6.42. The Bertz CT molecular complexity index is 1250. The van der Waals surface area contributed by atoms with Gasteiger partial charge < -0.3 is 19.9 Å². The third kappa shape index (κ3) is 4.17. The third-order valence-corrected chi connectivity index (χ3v) is 7.95. The Morgan fingerprint density at radius 2 is 1.92 bits per heavy atom. The average molecular weight is 494 g/mol. The van der Waals surface area contributed by atoms with Gasteiger partial charge in [0.25, 0.3) is 5.56 Å². The van der Waals surface area contributed by atoms with Crippen molar-refractivity contribution in [3.63, 3.8) is 0 Å². The smallest absolute Gasteiger partial charge is 0.258 e. The zero-order chi connectivity index (χ0) is 25.4. The number of allylic oxidation sites excluding steroid dienone is 2. The van der Waals surface area contributed by atoms with Crippen molar-refractivity contribution in [3.05, 3.63) is 75.5 Å². The number of hydrogen-bond acceptors (Lipinski definition) is 4. The van der Waals surface area contributed by atoms with Crippen LogP contribution in [-0.4, -0.2) is 39.0 Å².